The molecule has 2 fully saturated rings. The van der Waals surface area contributed by atoms with Crippen LogP contribution in [0.5, 0.6) is 0 Å². The molecule has 2 aromatic carbocycles. The first-order valence-corrected chi connectivity index (χ1v) is 12.1. The zero-order valence-electron chi connectivity index (χ0n) is 19.5. The third kappa shape index (κ3) is 4.52. The summed E-state index contributed by atoms with van der Waals surface area (Å²) in [4.78, 5) is 54.2. The van der Waals surface area contributed by atoms with Crippen molar-refractivity contribution in [1.82, 2.24) is 9.80 Å². The van der Waals surface area contributed by atoms with Gasteiger partial charge in [-0.25, -0.2) is 0 Å². The molecule has 1 atom stereocenters. The van der Waals surface area contributed by atoms with Crippen molar-refractivity contribution in [3.8, 4) is 11.1 Å². The number of carbonyl (C=O) groups is 4. The lowest BCUT2D eigenvalue weighted by molar-refractivity contribution is -0.308. The number of hydrogen-bond donors (Lipinski definition) is 1. The van der Waals surface area contributed by atoms with Gasteiger partial charge < -0.3 is 25.0 Å². The third-order valence-electron chi connectivity index (χ3n) is 7.62. The Balaban J connectivity index is 1.35. The third-order valence-corrected chi connectivity index (χ3v) is 7.62. The number of carboxylic acid groups (broad SMARTS) is 1. The number of hydrogen-bond acceptors (Lipinski definition) is 5. The largest absolute Gasteiger partial charge is 0.550 e. The lowest BCUT2D eigenvalue weighted by atomic mass is 9.79. The van der Waals surface area contributed by atoms with E-state index in [2.05, 4.69) is 5.32 Å². The molecule has 0 bridgehead atoms. The molecular weight excluding hydrogens is 446 g/mol. The van der Waals surface area contributed by atoms with Gasteiger partial charge in [-0.1, -0.05) is 49.2 Å². The van der Waals surface area contributed by atoms with Crippen molar-refractivity contribution in [3.63, 3.8) is 0 Å². The number of anilines is 1. The van der Waals surface area contributed by atoms with E-state index in [1.54, 1.807) is 21.9 Å². The van der Waals surface area contributed by atoms with E-state index in [4.69, 9.17) is 0 Å². The van der Waals surface area contributed by atoms with Gasteiger partial charge in [0.2, 0.25) is 11.8 Å². The summed E-state index contributed by atoms with van der Waals surface area (Å²) in [6.45, 7) is 0.645. The van der Waals surface area contributed by atoms with Crippen LogP contribution >= 0.6 is 0 Å². The van der Waals surface area contributed by atoms with Gasteiger partial charge >= 0.3 is 0 Å². The highest BCUT2D eigenvalue weighted by Gasteiger charge is 2.43. The molecule has 2 aliphatic heterocycles. The van der Waals surface area contributed by atoms with Crippen LogP contribution in [0, 0.1) is 5.41 Å². The van der Waals surface area contributed by atoms with Gasteiger partial charge in [-0.3, -0.25) is 14.4 Å². The Morgan fingerprint density at radius 1 is 0.971 bits per heavy atom. The molecule has 0 unspecified atom stereocenters. The van der Waals surface area contributed by atoms with Crippen molar-refractivity contribution in [2.24, 2.45) is 5.41 Å². The number of fused-ring (bicyclic) bond motifs is 2. The van der Waals surface area contributed by atoms with E-state index in [0.29, 0.717) is 30.6 Å². The van der Waals surface area contributed by atoms with Crippen molar-refractivity contribution < 1.29 is 24.3 Å². The first-order valence-electron chi connectivity index (χ1n) is 12.1. The molecule has 0 radical (unpaired) electrons. The Morgan fingerprint density at radius 3 is 2.43 bits per heavy atom. The lowest BCUT2D eigenvalue weighted by Crippen LogP contribution is -2.59. The Hall–Kier alpha value is -3.68. The Morgan fingerprint density at radius 2 is 1.71 bits per heavy atom. The summed E-state index contributed by atoms with van der Waals surface area (Å²) in [5.41, 5.74) is 2.18. The van der Waals surface area contributed by atoms with Crippen LogP contribution in [0.25, 0.3) is 11.1 Å². The number of piperazine rings is 1. The van der Waals surface area contributed by atoms with Gasteiger partial charge in [0.25, 0.3) is 5.91 Å². The van der Waals surface area contributed by atoms with Crippen LogP contribution in [-0.2, 0) is 14.4 Å². The van der Waals surface area contributed by atoms with Crippen molar-refractivity contribution in [1.29, 1.82) is 0 Å². The van der Waals surface area contributed by atoms with Gasteiger partial charge in [0.05, 0.1) is 17.8 Å². The number of rotatable bonds is 5. The minimum Gasteiger partial charge on any atom is -0.550 e. The number of carboxylic acids is 1. The molecule has 1 saturated carbocycles. The van der Waals surface area contributed by atoms with Gasteiger partial charge in [-0.15, -0.1) is 0 Å². The number of carbonyl (C=O) groups excluding carboxylic acids is 4. The second-order valence-corrected chi connectivity index (χ2v) is 9.90. The fourth-order valence-corrected chi connectivity index (χ4v) is 5.77. The highest BCUT2D eigenvalue weighted by molar-refractivity contribution is 6.10. The fourth-order valence-electron chi connectivity index (χ4n) is 5.77. The molecule has 8 heteroatoms. The highest BCUT2D eigenvalue weighted by atomic mass is 16.4. The standard InChI is InChI=1S/C27H29N3O5/c31-23(15-27(16-24(32)33)10-4-5-11-27)29-12-13-30-22(17-29)25(34)28-21-9-8-19(14-20(21)26(30)35)18-6-2-1-3-7-18/h1-3,6-9,14,22H,4-5,10-13,15-17H2,(H,28,34)(H,32,33)/p-1/t22-/m0/s1. The molecule has 0 spiro atoms. The lowest BCUT2D eigenvalue weighted by Gasteiger charge is -2.40. The second kappa shape index (κ2) is 9.17. The second-order valence-electron chi connectivity index (χ2n) is 9.90. The summed E-state index contributed by atoms with van der Waals surface area (Å²) >= 11 is 0. The Bertz CT molecular complexity index is 1170. The van der Waals surface area contributed by atoms with E-state index in [1.807, 2.05) is 36.4 Å². The molecule has 2 aromatic rings. The summed E-state index contributed by atoms with van der Waals surface area (Å²) in [7, 11) is 0. The predicted molar refractivity (Wildman–Crippen MR) is 127 cm³/mol. The number of nitrogens with zero attached hydrogens (tertiary/aromatic N) is 2. The average Bonchev–Trinajstić information content (AvgIpc) is 3.27. The van der Waals surface area contributed by atoms with Crippen LogP contribution in [0.3, 0.4) is 0 Å². The zero-order chi connectivity index (χ0) is 24.6. The molecular formula is C27H28N3O5-. The van der Waals surface area contributed by atoms with E-state index < -0.39 is 17.4 Å². The van der Waals surface area contributed by atoms with Crippen LogP contribution in [0.2, 0.25) is 0 Å². The number of benzene rings is 2. The summed E-state index contributed by atoms with van der Waals surface area (Å²) in [5.74, 6) is -1.86. The summed E-state index contributed by atoms with van der Waals surface area (Å²) < 4.78 is 0. The molecule has 3 aliphatic rings. The van der Waals surface area contributed by atoms with Crippen LogP contribution < -0.4 is 10.4 Å². The molecule has 5 rings (SSSR count). The Labute approximate surface area is 203 Å². The van der Waals surface area contributed by atoms with Crippen LogP contribution in [0.1, 0.15) is 48.9 Å². The molecule has 1 saturated heterocycles. The molecule has 1 N–H and O–H groups in total. The highest BCUT2D eigenvalue weighted by Crippen LogP contribution is 2.44. The maximum absolute atomic E-state index is 13.5. The van der Waals surface area contributed by atoms with Gasteiger partial charge in [-0.05, 0) is 47.9 Å². The molecule has 3 amide bonds. The normalized spacial score (nSPS) is 21.1. The minimum atomic E-state index is -1.13. The molecule has 8 nitrogen and oxygen atoms in total. The van der Waals surface area contributed by atoms with Crippen molar-refractivity contribution in [2.45, 2.75) is 44.6 Å². The van der Waals surface area contributed by atoms with Gasteiger partial charge in [0, 0.05) is 25.5 Å². The predicted octanol–water partition coefficient (Wildman–Crippen LogP) is 2.05. The molecule has 2 heterocycles. The summed E-state index contributed by atoms with van der Waals surface area (Å²) in [6, 6.07) is 14.3. The van der Waals surface area contributed by atoms with Gasteiger partial charge in [-0.2, -0.15) is 0 Å². The van der Waals surface area contributed by atoms with E-state index in [-0.39, 0.29) is 43.7 Å². The quantitative estimate of drug-likeness (QED) is 0.713. The maximum atomic E-state index is 13.5. The Kier molecular flexibility index (Phi) is 6.05. The number of aliphatic carboxylic acids is 1. The summed E-state index contributed by atoms with van der Waals surface area (Å²) in [6.07, 6.45) is 3.18. The fraction of sp³-hybridized carbons (Fsp3) is 0.407. The van der Waals surface area contributed by atoms with E-state index >= 15 is 0 Å². The van der Waals surface area contributed by atoms with E-state index in [1.165, 1.54) is 0 Å². The molecule has 182 valence electrons. The molecule has 35 heavy (non-hydrogen) atoms. The average molecular weight is 475 g/mol. The van der Waals surface area contributed by atoms with Crippen molar-refractivity contribution >= 4 is 29.4 Å². The first kappa shape index (κ1) is 23.1. The molecule has 0 aromatic heterocycles. The van der Waals surface area contributed by atoms with Crippen LogP contribution in [0.15, 0.2) is 48.5 Å². The van der Waals surface area contributed by atoms with Crippen molar-refractivity contribution in [3.05, 3.63) is 54.1 Å². The SMILES string of the molecule is O=C([O-])CC1(CC(=O)N2CCN3C(=O)c4cc(-c5ccccc5)ccc4NC(=O)[C@@H]3C2)CCCC1. The van der Waals surface area contributed by atoms with Crippen LogP contribution in [0.4, 0.5) is 5.69 Å². The van der Waals surface area contributed by atoms with E-state index in [0.717, 1.165) is 24.0 Å². The first-order chi connectivity index (χ1) is 16.8. The maximum Gasteiger partial charge on any atom is 0.256 e. The van der Waals surface area contributed by atoms with Gasteiger partial charge in [0.15, 0.2) is 0 Å². The zero-order valence-corrected chi connectivity index (χ0v) is 19.5. The van der Waals surface area contributed by atoms with E-state index in [9.17, 15) is 24.3 Å². The number of amides is 3. The van der Waals surface area contributed by atoms with Crippen LogP contribution in [-0.4, -0.2) is 59.2 Å². The topological polar surface area (TPSA) is 110 Å². The molecule has 1 aliphatic carbocycles. The monoisotopic (exact) mass is 474 g/mol. The number of nitrogens with one attached hydrogen (secondary N) is 1. The van der Waals surface area contributed by atoms with Crippen molar-refractivity contribution in [2.75, 3.05) is 25.0 Å². The smallest absolute Gasteiger partial charge is 0.256 e. The minimum absolute atomic E-state index is 0.0946. The summed E-state index contributed by atoms with van der Waals surface area (Å²) in [5, 5.41) is 14.2. The van der Waals surface area contributed by atoms with Gasteiger partial charge in [0.1, 0.15) is 6.04 Å².